The molecule has 0 bridgehead atoms. The highest BCUT2D eigenvalue weighted by molar-refractivity contribution is 6.30. The van der Waals surface area contributed by atoms with Crippen LogP contribution in [0, 0.1) is 0 Å². The van der Waals surface area contributed by atoms with Crippen molar-refractivity contribution >= 4 is 23.3 Å². The van der Waals surface area contributed by atoms with Gasteiger partial charge < -0.3 is 4.74 Å². The van der Waals surface area contributed by atoms with Gasteiger partial charge in [0.15, 0.2) is 0 Å². The minimum atomic E-state index is -0.384. The van der Waals surface area contributed by atoms with Gasteiger partial charge >= 0.3 is 5.97 Å². The molecular formula is C10H9ClO2. The Morgan fingerprint density at radius 2 is 2.23 bits per heavy atom. The van der Waals surface area contributed by atoms with Gasteiger partial charge in [0.1, 0.15) is 5.76 Å². The number of halogens is 1. The van der Waals surface area contributed by atoms with E-state index >= 15 is 0 Å². The largest absolute Gasteiger partial charge is 0.427 e. The van der Waals surface area contributed by atoms with Crippen molar-refractivity contribution in [2.24, 2.45) is 0 Å². The van der Waals surface area contributed by atoms with Crippen LogP contribution in [-0.2, 0) is 9.53 Å². The van der Waals surface area contributed by atoms with Crippen LogP contribution in [0.5, 0.6) is 0 Å². The first-order valence-corrected chi connectivity index (χ1v) is 4.10. The Morgan fingerprint density at radius 3 is 2.77 bits per heavy atom. The molecule has 0 N–H and O–H groups in total. The van der Waals surface area contributed by atoms with Crippen molar-refractivity contribution in [2.75, 3.05) is 0 Å². The first kappa shape index (κ1) is 9.81. The molecule has 2 nitrogen and oxygen atoms in total. The van der Waals surface area contributed by atoms with E-state index in [0.29, 0.717) is 16.3 Å². The van der Waals surface area contributed by atoms with Gasteiger partial charge in [0.25, 0.3) is 0 Å². The van der Waals surface area contributed by atoms with E-state index in [-0.39, 0.29) is 5.97 Å². The van der Waals surface area contributed by atoms with Crippen molar-refractivity contribution in [3.63, 3.8) is 0 Å². The van der Waals surface area contributed by atoms with Crippen LogP contribution in [0.1, 0.15) is 12.5 Å². The van der Waals surface area contributed by atoms with Crippen molar-refractivity contribution in [2.45, 2.75) is 6.92 Å². The molecule has 13 heavy (non-hydrogen) atoms. The molecule has 0 saturated heterocycles. The summed E-state index contributed by atoms with van der Waals surface area (Å²) in [6.45, 7) is 4.93. The predicted molar refractivity (Wildman–Crippen MR) is 52.3 cm³/mol. The van der Waals surface area contributed by atoms with E-state index in [2.05, 4.69) is 6.58 Å². The monoisotopic (exact) mass is 196 g/mol. The third-order valence-electron chi connectivity index (χ3n) is 1.41. The summed E-state index contributed by atoms with van der Waals surface area (Å²) in [6, 6.07) is 6.97. The maximum absolute atomic E-state index is 10.6. The van der Waals surface area contributed by atoms with Crippen LogP contribution in [0.25, 0.3) is 5.76 Å². The molecule has 0 aromatic heterocycles. The molecule has 0 amide bonds. The summed E-state index contributed by atoms with van der Waals surface area (Å²) in [5.74, 6) is -0.0695. The minimum Gasteiger partial charge on any atom is -0.427 e. The number of ether oxygens (including phenoxy) is 1. The van der Waals surface area contributed by atoms with Crippen LogP contribution in [-0.4, -0.2) is 5.97 Å². The van der Waals surface area contributed by atoms with Crippen LogP contribution >= 0.6 is 11.6 Å². The van der Waals surface area contributed by atoms with Crippen LogP contribution in [0.15, 0.2) is 30.8 Å². The Balaban J connectivity index is 2.83. The lowest BCUT2D eigenvalue weighted by Gasteiger charge is -2.04. The highest BCUT2D eigenvalue weighted by atomic mass is 35.5. The number of benzene rings is 1. The van der Waals surface area contributed by atoms with Crippen molar-refractivity contribution in [3.05, 3.63) is 41.4 Å². The van der Waals surface area contributed by atoms with Gasteiger partial charge in [-0.05, 0) is 12.1 Å². The standard InChI is InChI=1S/C10H9ClO2/c1-7(13-8(2)12)9-4-3-5-10(11)6-9/h3-6H,1H2,2H3. The molecule has 1 rings (SSSR count). The molecule has 0 fully saturated rings. The normalized spacial score (nSPS) is 9.38. The number of esters is 1. The Bertz CT molecular complexity index is 345. The Hall–Kier alpha value is -1.28. The van der Waals surface area contributed by atoms with Crippen molar-refractivity contribution in [1.82, 2.24) is 0 Å². The molecule has 0 aliphatic heterocycles. The van der Waals surface area contributed by atoms with E-state index in [0.717, 1.165) is 0 Å². The van der Waals surface area contributed by atoms with Crippen molar-refractivity contribution in [1.29, 1.82) is 0 Å². The summed E-state index contributed by atoms with van der Waals surface area (Å²) >= 11 is 5.74. The number of hydrogen-bond donors (Lipinski definition) is 0. The molecule has 0 spiro atoms. The second kappa shape index (κ2) is 4.10. The number of carbonyl (C=O) groups is 1. The quantitative estimate of drug-likeness (QED) is 0.537. The van der Waals surface area contributed by atoms with Gasteiger partial charge in [0.05, 0.1) is 0 Å². The zero-order valence-electron chi connectivity index (χ0n) is 7.21. The van der Waals surface area contributed by atoms with Gasteiger partial charge in [0.2, 0.25) is 0 Å². The van der Waals surface area contributed by atoms with E-state index in [9.17, 15) is 4.79 Å². The first-order valence-electron chi connectivity index (χ1n) is 3.73. The number of rotatable bonds is 2. The average molecular weight is 197 g/mol. The van der Waals surface area contributed by atoms with E-state index in [1.165, 1.54) is 6.92 Å². The van der Waals surface area contributed by atoms with Gasteiger partial charge in [-0.25, -0.2) is 0 Å². The summed E-state index contributed by atoms with van der Waals surface area (Å²) in [4.78, 5) is 10.6. The zero-order chi connectivity index (χ0) is 9.84. The number of hydrogen-bond acceptors (Lipinski definition) is 2. The Labute approximate surface area is 81.8 Å². The fourth-order valence-electron chi connectivity index (χ4n) is 0.894. The average Bonchev–Trinajstić information content (AvgIpc) is 2.03. The third-order valence-corrected chi connectivity index (χ3v) is 1.65. The summed E-state index contributed by atoms with van der Waals surface area (Å²) < 4.78 is 4.80. The molecule has 1 aromatic rings. The van der Waals surface area contributed by atoms with Gasteiger partial charge in [-0.2, -0.15) is 0 Å². The molecule has 0 aliphatic rings. The summed E-state index contributed by atoms with van der Waals surface area (Å²) in [6.07, 6.45) is 0. The lowest BCUT2D eigenvalue weighted by molar-refractivity contribution is -0.134. The SMILES string of the molecule is C=C(OC(C)=O)c1cccc(Cl)c1. The highest BCUT2D eigenvalue weighted by Crippen LogP contribution is 2.18. The van der Waals surface area contributed by atoms with E-state index in [1.807, 2.05) is 0 Å². The second-order valence-corrected chi connectivity index (χ2v) is 2.96. The predicted octanol–water partition coefficient (Wildman–Crippen LogP) is 2.87. The molecule has 68 valence electrons. The molecule has 0 aliphatic carbocycles. The lowest BCUT2D eigenvalue weighted by Crippen LogP contribution is -1.96. The van der Waals surface area contributed by atoms with Gasteiger partial charge in [-0.15, -0.1) is 0 Å². The fraction of sp³-hybridized carbons (Fsp3) is 0.100. The van der Waals surface area contributed by atoms with Gasteiger partial charge in [0, 0.05) is 17.5 Å². The first-order chi connectivity index (χ1) is 6.09. The Kier molecular flexibility index (Phi) is 3.09. The third kappa shape index (κ3) is 2.92. The van der Waals surface area contributed by atoms with Crippen molar-refractivity contribution in [3.8, 4) is 0 Å². The van der Waals surface area contributed by atoms with E-state index < -0.39 is 0 Å². The topological polar surface area (TPSA) is 26.3 Å². The van der Waals surface area contributed by atoms with Crippen LogP contribution in [0.4, 0.5) is 0 Å². The molecule has 0 radical (unpaired) electrons. The summed E-state index contributed by atoms with van der Waals surface area (Å²) in [7, 11) is 0. The second-order valence-electron chi connectivity index (χ2n) is 2.53. The van der Waals surface area contributed by atoms with Gasteiger partial charge in [-0.1, -0.05) is 30.3 Å². The van der Waals surface area contributed by atoms with Crippen LogP contribution < -0.4 is 0 Å². The maximum atomic E-state index is 10.6. The summed E-state index contributed by atoms with van der Waals surface area (Å²) in [5, 5.41) is 0.589. The smallest absolute Gasteiger partial charge is 0.308 e. The van der Waals surface area contributed by atoms with E-state index in [1.54, 1.807) is 24.3 Å². The molecular weight excluding hydrogens is 188 g/mol. The zero-order valence-corrected chi connectivity index (χ0v) is 7.97. The highest BCUT2D eigenvalue weighted by Gasteiger charge is 2.02. The van der Waals surface area contributed by atoms with Crippen LogP contribution in [0.3, 0.4) is 0 Å². The molecule has 0 unspecified atom stereocenters. The molecule has 3 heteroatoms. The minimum absolute atomic E-state index is 0.315. The molecule has 0 atom stereocenters. The summed E-state index contributed by atoms with van der Waals surface area (Å²) in [5.41, 5.74) is 0.711. The maximum Gasteiger partial charge on any atom is 0.308 e. The van der Waals surface area contributed by atoms with Gasteiger partial charge in [-0.3, -0.25) is 4.79 Å². The fourth-order valence-corrected chi connectivity index (χ4v) is 1.08. The van der Waals surface area contributed by atoms with Crippen LogP contribution in [0.2, 0.25) is 5.02 Å². The number of carbonyl (C=O) groups excluding carboxylic acids is 1. The van der Waals surface area contributed by atoms with E-state index in [4.69, 9.17) is 16.3 Å². The molecule has 0 saturated carbocycles. The Morgan fingerprint density at radius 1 is 1.54 bits per heavy atom. The molecule has 1 aromatic carbocycles. The van der Waals surface area contributed by atoms with Crippen molar-refractivity contribution < 1.29 is 9.53 Å². The lowest BCUT2D eigenvalue weighted by atomic mass is 10.2. The molecule has 0 heterocycles.